The van der Waals surface area contributed by atoms with E-state index in [1.165, 1.54) is 4.31 Å². The molecule has 1 atom stereocenters. The predicted octanol–water partition coefficient (Wildman–Crippen LogP) is 3.87. The largest absolute Gasteiger partial charge is 0.354 e. The molecule has 2 rings (SSSR count). The molecule has 0 saturated carbocycles. The molecule has 0 unspecified atom stereocenters. The van der Waals surface area contributed by atoms with Crippen molar-refractivity contribution in [3.05, 3.63) is 65.7 Å². The van der Waals surface area contributed by atoms with E-state index in [1.54, 1.807) is 36.1 Å². The van der Waals surface area contributed by atoms with Crippen LogP contribution in [0.2, 0.25) is 0 Å². The molecule has 0 spiro atoms. The third kappa shape index (κ3) is 8.48. The van der Waals surface area contributed by atoms with Gasteiger partial charge in [0.15, 0.2) is 0 Å². The minimum absolute atomic E-state index is 0.136. The van der Waals surface area contributed by atoms with Crippen molar-refractivity contribution in [1.29, 1.82) is 0 Å². The normalized spacial score (nSPS) is 12.1. The minimum atomic E-state index is -3.49. The van der Waals surface area contributed by atoms with Crippen molar-refractivity contribution in [2.75, 3.05) is 23.7 Å². The quantitative estimate of drug-likeness (QED) is 0.435. The van der Waals surface area contributed by atoms with Crippen LogP contribution >= 0.6 is 0 Å². The van der Waals surface area contributed by atoms with Crippen LogP contribution in [0.5, 0.6) is 0 Å². The minimum Gasteiger partial charge on any atom is -0.354 e. The van der Waals surface area contributed by atoms with E-state index in [0.717, 1.165) is 30.2 Å². The van der Waals surface area contributed by atoms with Gasteiger partial charge in [-0.05, 0) is 44.4 Å². The third-order valence-corrected chi connectivity index (χ3v) is 6.82. The monoisotopic (exact) mass is 487 g/mol. The van der Waals surface area contributed by atoms with Crippen LogP contribution in [0.1, 0.15) is 50.7 Å². The van der Waals surface area contributed by atoms with Crippen LogP contribution in [0.3, 0.4) is 0 Å². The zero-order valence-electron chi connectivity index (χ0n) is 20.7. The second-order valence-electron chi connectivity index (χ2n) is 8.61. The van der Waals surface area contributed by atoms with E-state index in [1.807, 2.05) is 37.3 Å². The Hall–Kier alpha value is -2.87. The highest BCUT2D eigenvalue weighted by Crippen LogP contribution is 2.19. The standard InChI is InChI=1S/C26H37N3O4S/c1-5-6-17-27-26(31)22(3)28(20-23-13-10-12-21(2)19-23)25(30)16-11-18-29(34(4,32)33)24-14-8-7-9-15-24/h7-10,12-15,19,22H,5-6,11,16-18,20H2,1-4H3,(H,27,31)/t22-/m1/s1. The molecule has 2 amide bonds. The van der Waals surface area contributed by atoms with Crippen LogP contribution in [0.15, 0.2) is 54.6 Å². The van der Waals surface area contributed by atoms with Crippen molar-refractivity contribution in [3.63, 3.8) is 0 Å². The number of amides is 2. The Labute approximate surface area is 204 Å². The molecule has 1 N–H and O–H groups in total. The zero-order valence-corrected chi connectivity index (χ0v) is 21.5. The summed E-state index contributed by atoms with van der Waals surface area (Å²) in [6, 6.07) is 16.1. The van der Waals surface area contributed by atoms with Gasteiger partial charge in [-0.2, -0.15) is 0 Å². The Kier molecular flexibility index (Phi) is 10.6. The highest BCUT2D eigenvalue weighted by molar-refractivity contribution is 7.92. The van der Waals surface area contributed by atoms with E-state index in [0.29, 0.717) is 25.2 Å². The Balaban J connectivity index is 2.12. The Morgan fingerprint density at radius 2 is 1.74 bits per heavy atom. The molecule has 34 heavy (non-hydrogen) atoms. The molecular formula is C26H37N3O4S. The van der Waals surface area contributed by atoms with Gasteiger partial charge >= 0.3 is 0 Å². The lowest BCUT2D eigenvalue weighted by Crippen LogP contribution is -2.48. The Morgan fingerprint density at radius 1 is 1.03 bits per heavy atom. The molecule has 2 aromatic rings. The molecule has 0 bridgehead atoms. The summed E-state index contributed by atoms with van der Waals surface area (Å²) in [5.74, 6) is -0.363. The van der Waals surface area contributed by atoms with E-state index in [9.17, 15) is 18.0 Å². The number of aryl methyl sites for hydroxylation is 1. The van der Waals surface area contributed by atoms with Crippen molar-refractivity contribution < 1.29 is 18.0 Å². The van der Waals surface area contributed by atoms with Gasteiger partial charge in [0.05, 0.1) is 11.9 Å². The van der Waals surface area contributed by atoms with E-state index < -0.39 is 16.1 Å². The number of benzene rings is 2. The van der Waals surface area contributed by atoms with Crippen LogP contribution in [0, 0.1) is 6.92 Å². The average Bonchev–Trinajstić information content (AvgIpc) is 2.79. The number of nitrogens with zero attached hydrogens (tertiary/aromatic N) is 2. The highest BCUT2D eigenvalue weighted by atomic mass is 32.2. The summed E-state index contributed by atoms with van der Waals surface area (Å²) in [6.45, 7) is 6.86. The average molecular weight is 488 g/mol. The first-order valence-electron chi connectivity index (χ1n) is 11.8. The molecule has 0 heterocycles. The number of unbranched alkanes of at least 4 members (excludes halogenated alkanes) is 1. The van der Waals surface area contributed by atoms with Gasteiger partial charge in [-0.25, -0.2) is 8.42 Å². The van der Waals surface area contributed by atoms with Gasteiger partial charge in [-0.15, -0.1) is 0 Å². The Bertz CT molecular complexity index is 1040. The second kappa shape index (κ2) is 13.1. The summed E-state index contributed by atoms with van der Waals surface area (Å²) in [6.07, 6.45) is 3.49. The van der Waals surface area contributed by atoms with Gasteiger partial charge < -0.3 is 10.2 Å². The van der Waals surface area contributed by atoms with Gasteiger partial charge in [0.1, 0.15) is 6.04 Å². The van der Waals surface area contributed by atoms with Gasteiger partial charge in [0, 0.05) is 26.1 Å². The number of nitrogens with one attached hydrogen (secondary N) is 1. The van der Waals surface area contributed by atoms with Gasteiger partial charge in [-0.1, -0.05) is 61.4 Å². The predicted molar refractivity (Wildman–Crippen MR) is 137 cm³/mol. The maximum absolute atomic E-state index is 13.3. The van der Waals surface area contributed by atoms with Crippen molar-refractivity contribution >= 4 is 27.5 Å². The molecule has 7 nitrogen and oxygen atoms in total. The first kappa shape index (κ1) is 27.4. The summed E-state index contributed by atoms with van der Waals surface area (Å²) in [7, 11) is -3.49. The molecular weight excluding hydrogens is 450 g/mol. The SMILES string of the molecule is CCCCNC(=O)[C@@H](C)N(Cc1cccc(C)c1)C(=O)CCCN(c1ccccc1)S(C)(=O)=O. The van der Waals surface area contributed by atoms with E-state index in [-0.39, 0.29) is 24.8 Å². The number of anilines is 1. The van der Waals surface area contributed by atoms with Crippen LogP contribution < -0.4 is 9.62 Å². The lowest BCUT2D eigenvalue weighted by molar-refractivity contribution is -0.140. The molecule has 0 fully saturated rings. The number of carbonyl (C=O) groups excluding carboxylic acids is 2. The van der Waals surface area contributed by atoms with Crippen LogP contribution in [-0.4, -0.2) is 50.5 Å². The highest BCUT2D eigenvalue weighted by Gasteiger charge is 2.26. The number of carbonyl (C=O) groups is 2. The fraction of sp³-hybridized carbons (Fsp3) is 0.462. The maximum Gasteiger partial charge on any atom is 0.242 e. The molecule has 0 aromatic heterocycles. The van der Waals surface area contributed by atoms with Crippen molar-refractivity contribution in [1.82, 2.24) is 10.2 Å². The molecule has 186 valence electrons. The number of rotatable bonds is 13. The van der Waals surface area contributed by atoms with Crippen LogP contribution in [-0.2, 0) is 26.2 Å². The zero-order chi connectivity index (χ0) is 25.1. The molecule has 2 aromatic carbocycles. The van der Waals surface area contributed by atoms with Gasteiger partial charge in [0.2, 0.25) is 21.8 Å². The first-order valence-corrected chi connectivity index (χ1v) is 13.6. The third-order valence-electron chi connectivity index (χ3n) is 5.63. The topological polar surface area (TPSA) is 86.8 Å². The Morgan fingerprint density at radius 3 is 2.35 bits per heavy atom. The van der Waals surface area contributed by atoms with Crippen molar-refractivity contribution in [3.8, 4) is 0 Å². The first-order chi connectivity index (χ1) is 16.1. The van der Waals surface area contributed by atoms with Crippen molar-refractivity contribution in [2.24, 2.45) is 0 Å². The lowest BCUT2D eigenvalue weighted by atomic mass is 10.1. The molecule has 0 saturated heterocycles. The summed E-state index contributed by atoms with van der Waals surface area (Å²) < 4.78 is 25.9. The lowest BCUT2D eigenvalue weighted by Gasteiger charge is -2.29. The molecule has 0 aliphatic rings. The second-order valence-corrected chi connectivity index (χ2v) is 10.5. The summed E-state index contributed by atoms with van der Waals surface area (Å²) in [5, 5.41) is 2.91. The molecule has 0 aliphatic carbocycles. The fourth-order valence-corrected chi connectivity index (χ4v) is 4.69. The summed E-state index contributed by atoms with van der Waals surface area (Å²) in [4.78, 5) is 27.6. The summed E-state index contributed by atoms with van der Waals surface area (Å²) >= 11 is 0. The van der Waals surface area contributed by atoms with E-state index >= 15 is 0 Å². The number of sulfonamides is 1. The molecule has 0 aliphatic heterocycles. The number of hydrogen-bond donors (Lipinski definition) is 1. The van der Waals surface area contributed by atoms with Gasteiger partial charge in [0.25, 0.3) is 0 Å². The van der Waals surface area contributed by atoms with Crippen LogP contribution in [0.25, 0.3) is 0 Å². The number of para-hydroxylation sites is 1. The smallest absolute Gasteiger partial charge is 0.242 e. The van der Waals surface area contributed by atoms with Crippen molar-refractivity contribution in [2.45, 2.75) is 59.0 Å². The van der Waals surface area contributed by atoms with Gasteiger partial charge in [-0.3, -0.25) is 13.9 Å². The van der Waals surface area contributed by atoms with E-state index in [2.05, 4.69) is 12.2 Å². The molecule has 8 heteroatoms. The fourth-order valence-electron chi connectivity index (χ4n) is 3.72. The maximum atomic E-state index is 13.3. The van der Waals surface area contributed by atoms with E-state index in [4.69, 9.17) is 0 Å². The molecule has 0 radical (unpaired) electrons. The number of hydrogen-bond acceptors (Lipinski definition) is 4. The van der Waals surface area contributed by atoms with Crippen LogP contribution in [0.4, 0.5) is 5.69 Å². The summed E-state index contributed by atoms with van der Waals surface area (Å²) in [5.41, 5.74) is 2.60.